The minimum Gasteiger partial charge on any atom is -0.497 e. The summed E-state index contributed by atoms with van der Waals surface area (Å²) in [5.74, 6) is 0.207. The normalized spacial score (nSPS) is 17.3. The number of ether oxygens (including phenoxy) is 3. The van der Waals surface area contributed by atoms with Gasteiger partial charge < -0.3 is 23.5 Å². The van der Waals surface area contributed by atoms with Crippen molar-refractivity contribution >= 4 is 17.5 Å². The maximum atomic E-state index is 13.9. The first-order valence-electron chi connectivity index (χ1n) is 13.5. The molecule has 2 aromatic carbocycles. The van der Waals surface area contributed by atoms with E-state index in [1.54, 1.807) is 50.6 Å². The maximum absolute atomic E-state index is 13.9. The summed E-state index contributed by atoms with van der Waals surface area (Å²) in [6.45, 7) is 3.47. The third-order valence-electron chi connectivity index (χ3n) is 7.28. The Labute approximate surface area is 237 Å². The van der Waals surface area contributed by atoms with E-state index >= 15 is 0 Å². The van der Waals surface area contributed by atoms with Gasteiger partial charge in [0.25, 0.3) is 11.8 Å². The van der Waals surface area contributed by atoms with E-state index in [-0.39, 0.29) is 29.9 Å². The minimum atomic E-state index is -0.496. The number of benzene rings is 2. The van der Waals surface area contributed by atoms with Gasteiger partial charge in [0.05, 0.1) is 45.5 Å². The van der Waals surface area contributed by atoms with E-state index in [4.69, 9.17) is 23.7 Å². The van der Waals surface area contributed by atoms with Crippen LogP contribution in [0.5, 0.6) is 11.5 Å². The van der Waals surface area contributed by atoms with Crippen molar-refractivity contribution in [3.63, 3.8) is 0 Å². The average molecular weight is 565 g/mol. The molecule has 1 fully saturated rings. The monoisotopic (exact) mass is 564 g/mol. The summed E-state index contributed by atoms with van der Waals surface area (Å²) in [5, 5.41) is 6.12. The smallest absolute Gasteiger partial charge is 0.290 e. The number of halogens is 1. The number of amides is 2. The number of hydrogen-bond acceptors (Lipinski definition) is 8. The van der Waals surface area contributed by atoms with Gasteiger partial charge in [0, 0.05) is 44.2 Å². The lowest BCUT2D eigenvalue weighted by Crippen LogP contribution is -2.46. The molecule has 1 atom stereocenters. The van der Waals surface area contributed by atoms with Gasteiger partial charge in [-0.1, -0.05) is 12.1 Å². The van der Waals surface area contributed by atoms with Crippen LogP contribution >= 0.6 is 0 Å². The number of rotatable bonds is 10. The summed E-state index contributed by atoms with van der Waals surface area (Å²) < 4.78 is 35.5. The van der Waals surface area contributed by atoms with E-state index in [0.29, 0.717) is 55.5 Å². The van der Waals surface area contributed by atoms with E-state index in [9.17, 15) is 14.0 Å². The zero-order valence-corrected chi connectivity index (χ0v) is 23.1. The summed E-state index contributed by atoms with van der Waals surface area (Å²) >= 11 is 0. The van der Waals surface area contributed by atoms with Crippen molar-refractivity contribution < 1.29 is 32.6 Å². The van der Waals surface area contributed by atoms with Gasteiger partial charge in [0.15, 0.2) is 5.76 Å². The van der Waals surface area contributed by atoms with Crippen molar-refractivity contribution in [1.29, 1.82) is 0 Å². The fourth-order valence-electron chi connectivity index (χ4n) is 5.02. The summed E-state index contributed by atoms with van der Waals surface area (Å²) in [4.78, 5) is 30.9. The Morgan fingerprint density at radius 3 is 2.54 bits per heavy atom. The largest absolute Gasteiger partial charge is 0.497 e. The molecule has 1 saturated heterocycles. The van der Waals surface area contributed by atoms with Gasteiger partial charge >= 0.3 is 0 Å². The van der Waals surface area contributed by atoms with Crippen LogP contribution in [-0.4, -0.2) is 92.5 Å². The molecule has 2 aliphatic rings. The van der Waals surface area contributed by atoms with Gasteiger partial charge in [-0.3, -0.25) is 14.5 Å². The number of methoxy groups -OCH3 is 2. The standard InChI is InChI=1S/C30H33FN4O6/c1-38-23-9-10-24(28(18-23)39-2)25-19-26(21-5-7-22(31)8-6-21)35(32-25)29(36)20-34(30(37)27-4-3-15-41-27)12-11-33-13-16-40-17-14-33/h3-10,15,18,26H,11-14,16-17,19-20H2,1-2H3. The van der Waals surface area contributed by atoms with Crippen LogP contribution in [0.2, 0.25) is 0 Å². The summed E-state index contributed by atoms with van der Waals surface area (Å²) in [6, 6.07) is 14.1. The molecule has 3 aromatic rings. The average Bonchev–Trinajstić information content (AvgIpc) is 3.71. The Balaban J connectivity index is 1.43. The Morgan fingerprint density at radius 1 is 1.07 bits per heavy atom. The first kappa shape index (κ1) is 28.3. The molecule has 3 heterocycles. The Bertz CT molecular complexity index is 1370. The molecule has 0 N–H and O–H groups in total. The first-order chi connectivity index (χ1) is 20.0. The second kappa shape index (κ2) is 13.0. The Morgan fingerprint density at radius 2 is 1.85 bits per heavy atom. The van der Waals surface area contributed by atoms with Crippen LogP contribution < -0.4 is 9.47 Å². The van der Waals surface area contributed by atoms with Gasteiger partial charge in [-0.05, 0) is 42.0 Å². The third kappa shape index (κ3) is 6.58. The number of morpholine rings is 1. The SMILES string of the molecule is COc1ccc(C2=NN(C(=O)CN(CCN3CCOCC3)C(=O)c3ccco3)C(c3ccc(F)cc3)C2)c(OC)c1. The van der Waals surface area contributed by atoms with Crippen LogP contribution in [-0.2, 0) is 9.53 Å². The molecule has 2 amide bonds. The van der Waals surface area contributed by atoms with E-state index in [0.717, 1.165) is 18.7 Å². The number of hydrogen-bond donors (Lipinski definition) is 0. The van der Waals surface area contributed by atoms with Crippen LogP contribution in [0.1, 0.15) is 34.1 Å². The van der Waals surface area contributed by atoms with Gasteiger partial charge in [0.2, 0.25) is 0 Å². The molecule has 0 bridgehead atoms. The molecular weight excluding hydrogens is 531 g/mol. The molecule has 1 unspecified atom stereocenters. The van der Waals surface area contributed by atoms with Crippen LogP contribution in [0.25, 0.3) is 0 Å². The maximum Gasteiger partial charge on any atom is 0.290 e. The molecular formula is C30H33FN4O6. The lowest BCUT2D eigenvalue weighted by Gasteiger charge is -2.30. The molecule has 0 radical (unpaired) electrons. The van der Waals surface area contributed by atoms with Crippen LogP contribution in [0.15, 0.2) is 70.4 Å². The van der Waals surface area contributed by atoms with E-state index in [1.165, 1.54) is 28.3 Å². The summed E-state index contributed by atoms with van der Waals surface area (Å²) in [6.07, 6.45) is 1.80. The van der Waals surface area contributed by atoms with Crippen molar-refractivity contribution in [1.82, 2.24) is 14.8 Å². The Hall–Kier alpha value is -4.22. The Kier molecular flexibility index (Phi) is 8.95. The number of carbonyl (C=O) groups is 2. The van der Waals surface area contributed by atoms with Gasteiger partial charge in [-0.25, -0.2) is 9.40 Å². The summed E-state index contributed by atoms with van der Waals surface area (Å²) in [7, 11) is 3.13. The van der Waals surface area contributed by atoms with Crippen molar-refractivity contribution in [2.75, 3.05) is 60.2 Å². The minimum absolute atomic E-state index is 0.156. The van der Waals surface area contributed by atoms with Gasteiger partial charge in [-0.15, -0.1) is 0 Å². The highest BCUT2D eigenvalue weighted by molar-refractivity contribution is 6.05. The zero-order chi connectivity index (χ0) is 28.8. The van der Waals surface area contributed by atoms with Crippen molar-refractivity contribution in [2.24, 2.45) is 5.10 Å². The van der Waals surface area contributed by atoms with Crippen LogP contribution in [0.4, 0.5) is 4.39 Å². The molecule has 2 aliphatic heterocycles. The molecule has 216 valence electrons. The number of furan rings is 1. The highest BCUT2D eigenvalue weighted by Crippen LogP contribution is 2.36. The van der Waals surface area contributed by atoms with Crippen molar-refractivity contribution in [3.8, 4) is 11.5 Å². The van der Waals surface area contributed by atoms with Crippen molar-refractivity contribution in [2.45, 2.75) is 12.5 Å². The molecule has 0 aliphatic carbocycles. The predicted octanol–water partition coefficient (Wildman–Crippen LogP) is 3.59. The second-order valence-corrected chi connectivity index (χ2v) is 9.78. The van der Waals surface area contributed by atoms with E-state index < -0.39 is 6.04 Å². The molecule has 11 heteroatoms. The van der Waals surface area contributed by atoms with Crippen molar-refractivity contribution in [3.05, 3.63) is 83.6 Å². The quantitative estimate of drug-likeness (QED) is 0.371. The fourth-order valence-corrected chi connectivity index (χ4v) is 5.02. The van der Waals surface area contributed by atoms with Crippen LogP contribution in [0.3, 0.4) is 0 Å². The molecule has 0 spiro atoms. The number of carbonyl (C=O) groups excluding carboxylic acids is 2. The first-order valence-corrected chi connectivity index (χ1v) is 13.5. The van der Waals surface area contributed by atoms with Gasteiger partial charge in [0.1, 0.15) is 23.9 Å². The second-order valence-electron chi connectivity index (χ2n) is 9.78. The molecule has 1 aromatic heterocycles. The summed E-state index contributed by atoms with van der Waals surface area (Å²) in [5.41, 5.74) is 2.07. The zero-order valence-electron chi connectivity index (χ0n) is 23.1. The van der Waals surface area contributed by atoms with Gasteiger partial charge in [-0.2, -0.15) is 5.10 Å². The number of hydrazone groups is 1. The predicted molar refractivity (Wildman–Crippen MR) is 149 cm³/mol. The highest BCUT2D eigenvalue weighted by atomic mass is 19.1. The lowest BCUT2D eigenvalue weighted by molar-refractivity contribution is -0.133. The third-order valence-corrected chi connectivity index (χ3v) is 7.28. The molecule has 5 rings (SSSR count). The lowest BCUT2D eigenvalue weighted by atomic mass is 9.97. The topological polar surface area (TPSA) is 97.1 Å². The molecule has 0 saturated carbocycles. The van der Waals surface area contributed by atoms with E-state index in [2.05, 4.69) is 4.90 Å². The molecule has 41 heavy (non-hydrogen) atoms. The molecule has 10 nitrogen and oxygen atoms in total. The number of nitrogens with zero attached hydrogens (tertiary/aromatic N) is 4. The highest BCUT2D eigenvalue weighted by Gasteiger charge is 2.36. The van der Waals surface area contributed by atoms with E-state index in [1.807, 2.05) is 6.07 Å². The van der Waals surface area contributed by atoms with Crippen LogP contribution in [0, 0.1) is 5.82 Å². The fraction of sp³-hybridized carbons (Fsp3) is 0.367.